The summed E-state index contributed by atoms with van der Waals surface area (Å²) in [5, 5.41) is 0. The van der Waals surface area contributed by atoms with Gasteiger partial charge in [-0.3, -0.25) is 0 Å². The van der Waals surface area contributed by atoms with Gasteiger partial charge in [-0.25, -0.2) is 0 Å². The van der Waals surface area contributed by atoms with E-state index in [-0.39, 0.29) is 115 Å². The molecule has 0 aliphatic rings. The first-order valence-corrected chi connectivity index (χ1v) is 0. The molecule has 0 rings (SSSR count). The van der Waals surface area contributed by atoms with Gasteiger partial charge in [0.1, 0.15) is 0 Å². The molecule has 24 valence electrons. The van der Waals surface area contributed by atoms with Gasteiger partial charge in [-0.15, -0.1) is 0 Å². The molecule has 0 nitrogen and oxygen atoms in total. The van der Waals surface area contributed by atoms with Crippen LogP contribution in [0, 0.1) is 0 Å². The summed E-state index contributed by atoms with van der Waals surface area (Å²) >= 11 is 0. The van der Waals surface area contributed by atoms with Crippen LogP contribution in [0.1, 0.15) is 0 Å². The van der Waals surface area contributed by atoms with Crippen molar-refractivity contribution in [2.24, 2.45) is 0 Å². The Morgan fingerprint density at radius 2 is 1.00 bits per heavy atom. The molecule has 0 spiro atoms. The first-order valence-electron chi connectivity index (χ1n) is 0. The predicted molar refractivity (Wildman–Crippen MR) is 28.4 cm³/mol. The van der Waals surface area contributed by atoms with Crippen LogP contribution in [0.25, 0.3) is 0 Å². The zero-order chi connectivity index (χ0) is 0. The Hall–Kier alpha value is 3.57. The fourth-order valence-corrected chi connectivity index (χ4v) is 0. The van der Waals surface area contributed by atoms with Gasteiger partial charge in [-0.2, -0.15) is 0 Å². The zero-order valence-corrected chi connectivity index (χ0v) is 1.46. The standard InChI is InChI=1S/Ba.Ca.Fe.H4Si.4H/h;;;1H4;;;;. The number of hydrogen-bond donors (Lipinski definition) is 0. The van der Waals surface area contributed by atoms with Gasteiger partial charge in [-0.05, 0) is 11.0 Å². The van der Waals surface area contributed by atoms with Crippen molar-refractivity contribution in [1.82, 2.24) is 0 Å². The van der Waals surface area contributed by atoms with Gasteiger partial charge in [-0.1, -0.05) is 0 Å². The van der Waals surface area contributed by atoms with Gasteiger partial charge in [0.2, 0.25) is 0 Å². The largest absolute Gasteiger partial charge is 0.0149 e. The third-order valence-electron chi connectivity index (χ3n) is 0. The van der Waals surface area contributed by atoms with Gasteiger partial charge >= 0.3 is 86.6 Å². The zero-order valence-electron chi connectivity index (χ0n) is 0.354. The maximum absolute atomic E-state index is 0. The quantitative estimate of drug-likeness (QED) is 0.405. The van der Waals surface area contributed by atoms with Crippen LogP contribution in [-0.2, 0) is 17.1 Å². The van der Waals surface area contributed by atoms with Crippen LogP contribution in [0.3, 0.4) is 0 Å². The summed E-state index contributed by atoms with van der Waals surface area (Å²) in [5.41, 5.74) is 0. The molecule has 0 aromatic carbocycles. The molecule has 0 radical (unpaired) electrons. The number of rotatable bonds is 0. The Kier molecular flexibility index (Phi) is 103. The van der Waals surface area contributed by atoms with Gasteiger partial charge in [0.25, 0.3) is 0 Å². The van der Waals surface area contributed by atoms with Crippen molar-refractivity contribution in [3.8, 4) is 0 Å². The molecule has 0 N–H and O–H groups in total. The van der Waals surface area contributed by atoms with Crippen molar-refractivity contribution >= 4 is 97.6 Å². The van der Waals surface area contributed by atoms with E-state index in [1.54, 1.807) is 0 Å². The Balaban J connectivity index is 0. The Labute approximate surface area is 111 Å². The van der Waals surface area contributed by atoms with E-state index in [0.717, 1.165) is 0 Å². The van der Waals surface area contributed by atoms with Crippen LogP contribution in [0.15, 0.2) is 0 Å². The summed E-state index contributed by atoms with van der Waals surface area (Å²) in [4.78, 5) is 0. The van der Waals surface area contributed by atoms with E-state index >= 15 is 0 Å². The second kappa shape index (κ2) is 16.0. The van der Waals surface area contributed by atoms with Crippen LogP contribution < -0.4 is 0 Å². The molecule has 0 aliphatic carbocycles. The van der Waals surface area contributed by atoms with Crippen LogP contribution in [-0.4, -0.2) is 97.6 Å². The second-order valence-electron chi connectivity index (χ2n) is 0. The third-order valence-corrected chi connectivity index (χ3v) is 0. The Morgan fingerprint density at radius 3 is 1.00 bits per heavy atom. The monoisotopic (exact) mass is 270 g/mol. The molecular formula is H8BaCaFeSi. The van der Waals surface area contributed by atoms with E-state index in [4.69, 9.17) is 0 Å². The molecule has 4 heavy (non-hydrogen) atoms. The molecule has 0 unspecified atom stereocenters. The minimum Gasteiger partial charge on any atom is -0.0149 e. The van der Waals surface area contributed by atoms with Crippen molar-refractivity contribution in [2.75, 3.05) is 0 Å². The van der Waals surface area contributed by atoms with E-state index in [0.29, 0.717) is 0 Å². The normalized spacial score (nSPS) is 0. The molecule has 0 bridgehead atoms. The van der Waals surface area contributed by atoms with Crippen molar-refractivity contribution in [3.63, 3.8) is 0 Å². The summed E-state index contributed by atoms with van der Waals surface area (Å²) in [6, 6.07) is 0. The summed E-state index contributed by atoms with van der Waals surface area (Å²) in [7, 11) is 0. The molecule has 0 saturated heterocycles. The maximum Gasteiger partial charge on any atom is 0 e. The van der Waals surface area contributed by atoms with Crippen LogP contribution in [0.2, 0.25) is 0 Å². The predicted octanol–water partition coefficient (Wildman–Crippen LogP) is -3.29. The first-order chi connectivity index (χ1) is 0. The van der Waals surface area contributed by atoms with Gasteiger partial charge in [0.05, 0.1) is 0 Å². The molecule has 0 saturated carbocycles. The Morgan fingerprint density at radius 1 is 1.00 bits per heavy atom. The Bertz CT molecular complexity index is 8.00. The van der Waals surface area contributed by atoms with Crippen LogP contribution in [0.4, 0.5) is 0 Å². The fourth-order valence-electron chi connectivity index (χ4n) is 0. The average Bonchev–Trinajstić information content (AvgIpc) is 0. The van der Waals surface area contributed by atoms with Crippen LogP contribution in [0.5, 0.6) is 0 Å². The van der Waals surface area contributed by atoms with Crippen molar-refractivity contribution in [2.45, 2.75) is 0 Å². The summed E-state index contributed by atoms with van der Waals surface area (Å²) in [6.45, 7) is 0. The molecule has 0 heterocycles. The van der Waals surface area contributed by atoms with Gasteiger partial charge < -0.3 is 0 Å². The number of hydrogen-bond acceptors (Lipinski definition) is 0. The van der Waals surface area contributed by atoms with E-state index in [2.05, 4.69) is 0 Å². The molecule has 0 amide bonds. The minimum atomic E-state index is 0. The van der Waals surface area contributed by atoms with E-state index in [9.17, 15) is 0 Å². The van der Waals surface area contributed by atoms with Gasteiger partial charge in [0.15, 0.2) is 0 Å². The molecule has 0 aromatic rings. The maximum atomic E-state index is 0. The van der Waals surface area contributed by atoms with E-state index < -0.39 is 0 Å². The van der Waals surface area contributed by atoms with E-state index in [1.165, 1.54) is 0 Å². The molecule has 4 heteroatoms. The molecule has 0 fully saturated rings. The first kappa shape index (κ1) is 25.6. The van der Waals surface area contributed by atoms with E-state index in [1.807, 2.05) is 0 Å². The minimum absolute atomic E-state index is 0. The molecule has 0 aromatic heterocycles. The smallest absolute Gasteiger partial charge is 0 e. The third kappa shape index (κ3) is 9.13. The van der Waals surface area contributed by atoms with Crippen molar-refractivity contribution in [1.29, 1.82) is 0 Å². The summed E-state index contributed by atoms with van der Waals surface area (Å²) in [6.07, 6.45) is 0. The summed E-state index contributed by atoms with van der Waals surface area (Å²) < 4.78 is 0. The van der Waals surface area contributed by atoms with Crippen molar-refractivity contribution < 1.29 is 17.1 Å². The topological polar surface area (TPSA) is 0 Å². The van der Waals surface area contributed by atoms with Crippen molar-refractivity contribution in [3.05, 3.63) is 0 Å². The van der Waals surface area contributed by atoms with Crippen LogP contribution >= 0.6 is 0 Å². The fraction of sp³-hybridized carbons (Fsp3) is 0. The molecular weight excluding hydrogens is 261 g/mol. The molecule has 0 aliphatic heterocycles. The van der Waals surface area contributed by atoms with Gasteiger partial charge in [0, 0.05) is 17.1 Å². The average molecular weight is 269 g/mol. The summed E-state index contributed by atoms with van der Waals surface area (Å²) in [5.74, 6) is 0. The molecule has 0 atom stereocenters. The second-order valence-corrected chi connectivity index (χ2v) is 0. The SMILES string of the molecule is [BaH2].[CaH2].[Fe].[SiH4].